The third kappa shape index (κ3) is 3.55. The van der Waals surface area contributed by atoms with Crippen LogP contribution in [0.2, 0.25) is 5.02 Å². The van der Waals surface area contributed by atoms with Crippen LogP contribution in [0.3, 0.4) is 0 Å². The Balaban J connectivity index is 2.09. The van der Waals surface area contributed by atoms with Gasteiger partial charge in [0.1, 0.15) is 5.02 Å². The van der Waals surface area contributed by atoms with Crippen molar-refractivity contribution in [2.24, 2.45) is 0 Å². The van der Waals surface area contributed by atoms with Crippen LogP contribution in [-0.2, 0) is 6.54 Å². The van der Waals surface area contributed by atoms with Crippen LogP contribution in [0.5, 0.6) is 0 Å². The lowest BCUT2D eigenvalue weighted by Gasteiger charge is -2.07. The standard InChI is InChI=1S/C14H12ClN3O3/c1-9-4-5-16-7-11(9)8-17-14(19)10-2-3-13(18(20)21)12(15)6-10/h2-7H,8H2,1H3,(H,17,19). The number of aryl methyl sites for hydroxylation is 1. The molecule has 1 aromatic heterocycles. The molecule has 108 valence electrons. The van der Waals surface area contributed by atoms with Gasteiger partial charge in [0, 0.05) is 30.6 Å². The molecule has 0 bridgehead atoms. The molecule has 0 fully saturated rings. The molecule has 1 heterocycles. The van der Waals surface area contributed by atoms with Crippen molar-refractivity contribution < 1.29 is 9.72 Å². The number of hydrogen-bond acceptors (Lipinski definition) is 4. The summed E-state index contributed by atoms with van der Waals surface area (Å²) in [5, 5.41) is 13.3. The van der Waals surface area contributed by atoms with E-state index in [0.717, 1.165) is 11.1 Å². The van der Waals surface area contributed by atoms with Gasteiger partial charge in [0.15, 0.2) is 0 Å². The van der Waals surface area contributed by atoms with Crippen LogP contribution in [0.25, 0.3) is 0 Å². The lowest BCUT2D eigenvalue weighted by molar-refractivity contribution is -0.384. The molecule has 2 rings (SSSR count). The number of amides is 1. The van der Waals surface area contributed by atoms with Crippen molar-refractivity contribution in [2.45, 2.75) is 13.5 Å². The van der Waals surface area contributed by atoms with Gasteiger partial charge >= 0.3 is 0 Å². The number of carbonyl (C=O) groups excluding carboxylic acids is 1. The van der Waals surface area contributed by atoms with Crippen molar-refractivity contribution in [3.05, 3.63) is 68.5 Å². The molecule has 0 unspecified atom stereocenters. The summed E-state index contributed by atoms with van der Waals surface area (Å²) in [6.07, 6.45) is 3.36. The van der Waals surface area contributed by atoms with Crippen molar-refractivity contribution >= 4 is 23.2 Å². The van der Waals surface area contributed by atoms with Gasteiger partial charge in [-0.25, -0.2) is 0 Å². The van der Waals surface area contributed by atoms with E-state index in [9.17, 15) is 14.9 Å². The first-order chi connectivity index (χ1) is 9.99. The van der Waals surface area contributed by atoms with Gasteiger partial charge in [-0.2, -0.15) is 0 Å². The first kappa shape index (κ1) is 14.9. The van der Waals surface area contributed by atoms with E-state index in [-0.39, 0.29) is 22.2 Å². The zero-order chi connectivity index (χ0) is 15.4. The first-order valence-electron chi connectivity index (χ1n) is 6.10. The van der Waals surface area contributed by atoms with E-state index in [1.165, 1.54) is 18.2 Å². The van der Waals surface area contributed by atoms with Crippen molar-refractivity contribution in [2.75, 3.05) is 0 Å². The normalized spacial score (nSPS) is 10.2. The minimum Gasteiger partial charge on any atom is -0.348 e. The summed E-state index contributed by atoms with van der Waals surface area (Å²) in [6, 6.07) is 5.72. The summed E-state index contributed by atoms with van der Waals surface area (Å²) >= 11 is 5.78. The highest BCUT2D eigenvalue weighted by atomic mass is 35.5. The van der Waals surface area contributed by atoms with E-state index in [0.29, 0.717) is 6.54 Å². The highest BCUT2D eigenvalue weighted by Crippen LogP contribution is 2.24. The van der Waals surface area contributed by atoms with Gasteiger partial charge in [-0.05, 0) is 36.2 Å². The topological polar surface area (TPSA) is 85.1 Å². The molecule has 1 N–H and O–H groups in total. The summed E-state index contributed by atoms with van der Waals surface area (Å²) < 4.78 is 0. The first-order valence-corrected chi connectivity index (χ1v) is 6.48. The predicted molar refractivity (Wildman–Crippen MR) is 78.3 cm³/mol. The number of hydrogen-bond donors (Lipinski definition) is 1. The molecule has 0 aliphatic heterocycles. The molecule has 6 nitrogen and oxygen atoms in total. The van der Waals surface area contributed by atoms with Crippen LogP contribution in [0, 0.1) is 17.0 Å². The minimum absolute atomic E-state index is 0.0646. The molecule has 0 spiro atoms. The van der Waals surface area contributed by atoms with E-state index in [4.69, 9.17) is 11.6 Å². The number of carbonyl (C=O) groups is 1. The summed E-state index contributed by atoms with van der Waals surface area (Å²) in [4.78, 5) is 26.1. The number of nitrogens with zero attached hydrogens (tertiary/aromatic N) is 2. The Kier molecular flexibility index (Phi) is 4.49. The van der Waals surface area contributed by atoms with Gasteiger partial charge in [0.05, 0.1) is 4.92 Å². The third-order valence-electron chi connectivity index (χ3n) is 2.99. The maximum atomic E-state index is 12.0. The monoisotopic (exact) mass is 305 g/mol. The van der Waals surface area contributed by atoms with Crippen LogP contribution < -0.4 is 5.32 Å². The molecule has 0 saturated carbocycles. The van der Waals surface area contributed by atoms with Crippen LogP contribution in [0.1, 0.15) is 21.5 Å². The van der Waals surface area contributed by atoms with Gasteiger partial charge in [-0.1, -0.05) is 11.6 Å². The van der Waals surface area contributed by atoms with E-state index in [2.05, 4.69) is 10.3 Å². The van der Waals surface area contributed by atoms with Crippen LogP contribution >= 0.6 is 11.6 Å². The molecule has 7 heteroatoms. The number of aromatic nitrogens is 1. The number of pyridine rings is 1. The number of rotatable bonds is 4. The summed E-state index contributed by atoms with van der Waals surface area (Å²) in [5.74, 6) is -0.352. The number of benzene rings is 1. The second-order valence-corrected chi connectivity index (χ2v) is 4.82. The fourth-order valence-electron chi connectivity index (χ4n) is 1.76. The Morgan fingerprint density at radius 3 is 2.81 bits per heavy atom. The third-order valence-corrected chi connectivity index (χ3v) is 3.30. The van der Waals surface area contributed by atoms with Gasteiger partial charge in [0.25, 0.3) is 11.6 Å². The Morgan fingerprint density at radius 1 is 1.43 bits per heavy atom. The van der Waals surface area contributed by atoms with E-state index in [1.807, 2.05) is 13.0 Å². The number of nitro groups is 1. The largest absolute Gasteiger partial charge is 0.348 e. The Hall–Kier alpha value is -2.47. The Bertz CT molecular complexity index is 704. The Morgan fingerprint density at radius 2 is 2.19 bits per heavy atom. The summed E-state index contributed by atoms with van der Waals surface area (Å²) in [6.45, 7) is 2.25. The molecule has 1 aromatic carbocycles. The average molecular weight is 306 g/mol. The lowest BCUT2D eigenvalue weighted by atomic mass is 10.1. The fourth-order valence-corrected chi connectivity index (χ4v) is 2.01. The summed E-state index contributed by atoms with van der Waals surface area (Å²) in [5.41, 5.74) is 1.97. The zero-order valence-electron chi connectivity index (χ0n) is 11.2. The molecule has 0 radical (unpaired) electrons. The Labute approximate surface area is 125 Å². The van der Waals surface area contributed by atoms with E-state index < -0.39 is 4.92 Å². The zero-order valence-corrected chi connectivity index (χ0v) is 11.9. The molecule has 0 aliphatic rings. The van der Waals surface area contributed by atoms with Crippen molar-refractivity contribution in [1.82, 2.24) is 10.3 Å². The van der Waals surface area contributed by atoms with Crippen LogP contribution in [-0.4, -0.2) is 15.8 Å². The van der Waals surface area contributed by atoms with Gasteiger partial charge in [-0.15, -0.1) is 0 Å². The van der Waals surface area contributed by atoms with E-state index in [1.54, 1.807) is 12.4 Å². The fraction of sp³-hybridized carbons (Fsp3) is 0.143. The minimum atomic E-state index is -0.594. The molecule has 21 heavy (non-hydrogen) atoms. The van der Waals surface area contributed by atoms with Crippen molar-refractivity contribution in [3.63, 3.8) is 0 Å². The van der Waals surface area contributed by atoms with Gasteiger partial charge in [0.2, 0.25) is 0 Å². The second kappa shape index (κ2) is 6.32. The molecular weight excluding hydrogens is 294 g/mol. The smallest absolute Gasteiger partial charge is 0.287 e. The van der Waals surface area contributed by atoms with Crippen LogP contribution in [0.15, 0.2) is 36.7 Å². The van der Waals surface area contributed by atoms with Crippen molar-refractivity contribution in [1.29, 1.82) is 0 Å². The molecular formula is C14H12ClN3O3. The average Bonchev–Trinajstić information content (AvgIpc) is 2.45. The SMILES string of the molecule is Cc1ccncc1CNC(=O)c1ccc([N+](=O)[O-])c(Cl)c1. The van der Waals surface area contributed by atoms with E-state index >= 15 is 0 Å². The number of nitrogens with one attached hydrogen (secondary N) is 1. The van der Waals surface area contributed by atoms with Crippen molar-refractivity contribution in [3.8, 4) is 0 Å². The summed E-state index contributed by atoms with van der Waals surface area (Å²) in [7, 11) is 0. The van der Waals surface area contributed by atoms with Crippen LogP contribution in [0.4, 0.5) is 5.69 Å². The molecule has 2 aromatic rings. The second-order valence-electron chi connectivity index (χ2n) is 4.41. The maximum absolute atomic E-state index is 12.0. The molecule has 0 saturated heterocycles. The molecule has 0 aliphatic carbocycles. The lowest BCUT2D eigenvalue weighted by Crippen LogP contribution is -2.23. The molecule has 0 atom stereocenters. The maximum Gasteiger partial charge on any atom is 0.287 e. The highest BCUT2D eigenvalue weighted by molar-refractivity contribution is 6.33. The number of nitro benzene ring substituents is 1. The number of halogens is 1. The van der Waals surface area contributed by atoms with Gasteiger partial charge < -0.3 is 5.32 Å². The predicted octanol–water partition coefficient (Wildman–Crippen LogP) is 2.88. The quantitative estimate of drug-likeness (QED) is 0.695. The highest BCUT2D eigenvalue weighted by Gasteiger charge is 2.15. The van der Waals surface area contributed by atoms with Gasteiger partial charge in [-0.3, -0.25) is 19.9 Å². The molecule has 1 amide bonds.